The van der Waals surface area contributed by atoms with Crippen LogP contribution in [0, 0.1) is 6.92 Å². The van der Waals surface area contributed by atoms with Crippen molar-refractivity contribution >= 4 is 21.6 Å². The van der Waals surface area contributed by atoms with Crippen molar-refractivity contribution in [3.05, 3.63) is 29.8 Å². The summed E-state index contributed by atoms with van der Waals surface area (Å²) >= 11 is 1.81. The molecule has 0 aliphatic rings. The maximum atomic E-state index is 11.1. The molecule has 0 radical (unpaired) electrons. The molecule has 108 valence electrons. The molecule has 1 N–H and O–H groups in total. The standard InChI is InChI=1S/C14H23NO2S2/c1-12-6-8-14(9-7-12)18-11-13(15-2)5-4-10-19(3,16)17/h6-9,13,15H,4-5,10-11H2,1-3H3. The third kappa shape index (κ3) is 7.60. The Balaban J connectivity index is 2.34. The van der Waals surface area contributed by atoms with E-state index in [1.165, 1.54) is 16.7 Å². The zero-order chi connectivity index (χ0) is 14.3. The number of rotatable bonds is 8. The predicted molar refractivity (Wildman–Crippen MR) is 83.7 cm³/mol. The number of hydrogen-bond acceptors (Lipinski definition) is 4. The van der Waals surface area contributed by atoms with Crippen molar-refractivity contribution in [2.75, 3.05) is 24.8 Å². The minimum absolute atomic E-state index is 0.278. The van der Waals surface area contributed by atoms with E-state index in [-0.39, 0.29) is 5.75 Å². The summed E-state index contributed by atoms with van der Waals surface area (Å²) in [6, 6.07) is 8.83. The molecule has 0 aliphatic heterocycles. The largest absolute Gasteiger partial charge is 0.316 e. The van der Waals surface area contributed by atoms with Gasteiger partial charge in [-0.3, -0.25) is 0 Å². The lowest BCUT2D eigenvalue weighted by molar-refractivity contribution is 0.556. The fourth-order valence-electron chi connectivity index (χ4n) is 1.73. The highest BCUT2D eigenvalue weighted by atomic mass is 32.2. The number of aryl methyl sites for hydroxylation is 1. The lowest BCUT2D eigenvalue weighted by atomic mass is 10.2. The van der Waals surface area contributed by atoms with Crippen molar-refractivity contribution in [3.8, 4) is 0 Å². The van der Waals surface area contributed by atoms with E-state index in [2.05, 4.69) is 36.5 Å². The Labute approximate surface area is 121 Å². The summed E-state index contributed by atoms with van der Waals surface area (Å²) in [7, 11) is -0.903. The smallest absolute Gasteiger partial charge is 0.147 e. The first-order valence-electron chi connectivity index (χ1n) is 6.45. The summed E-state index contributed by atoms with van der Waals surface area (Å²) in [4.78, 5) is 1.26. The number of sulfone groups is 1. The number of thioether (sulfide) groups is 1. The van der Waals surface area contributed by atoms with Crippen molar-refractivity contribution < 1.29 is 8.42 Å². The van der Waals surface area contributed by atoms with Gasteiger partial charge in [-0.05, 0) is 38.9 Å². The highest BCUT2D eigenvalue weighted by Crippen LogP contribution is 2.20. The van der Waals surface area contributed by atoms with Crippen LogP contribution >= 0.6 is 11.8 Å². The average Bonchev–Trinajstić information content (AvgIpc) is 2.34. The Kier molecular flexibility index (Phi) is 6.89. The van der Waals surface area contributed by atoms with Gasteiger partial charge in [0.1, 0.15) is 9.84 Å². The number of hydrogen-bond donors (Lipinski definition) is 1. The zero-order valence-electron chi connectivity index (χ0n) is 11.8. The fourth-order valence-corrected chi connectivity index (χ4v) is 3.48. The third-order valence-corrected chi connectivity index (χ3v) is 5.15. The van der Waals surface area contributed by atoms with Crippen LogP contribution in [0.25, 0.3) is 0 Å². The third-order valence-electron chi connectivity index (χ3n) is 2.95. The molecule has 3 nitrogen and oxygen atoms in total. The second-order valence-electron chi connectivity index (χ2n) is 4.88. The van der Waals surface area contributed by atoms with Crippen LogP contribution in [0.4, 0.5) is 0 Å². The maximum absolute atomic E-state index is 11.1. The van der Waals surface area contributed by atoms with Crippen molar-refractivity contribution in [2.45, 2.75) is 30.7 Å². The van der Waals surface area contributed by atoms with Crippen LogP contribution in [0.5, 0.6) is 0 Å². The maximum Gasteiger partial charge on any atom is 0.147 e. The van der Waals surface area contributed by atoms with Crippen LogP contribution in [0.2, 0.25) is 0 Å². The molecule has 0 heterocycles. The van der Waals surface area contributed by atoms with Crippen molar-refractivity contribution in [2.24, 2.45) is 0 Å². The van der Waals surface area contributed by atoms with Crippen molar-refractivity contribution in [1.29, 1.82) is 0 Å². The van der Waals surface area contributed by atoms with Gasteiger partial charge in [0, 0.05) is 28.7 Å². The summed E-state index contributed by atoms with van der Waals surface area (Å²) in [5, 5.41) is 3.25. The molecule has 0 saturated carbocycles. The highest BCUT2D eigenvalue weighted by Gasteiger charge is 2.09. The van der Waals surface area contributed by atoms with Gasteiger partial charge in [0.2, 0.25) is 0 Å². The van der Waals surface area contributed by atoms with Crippen molar-refractivity contribution in [1.82, 2.24) is 5.32 Å². The van der Waals surface area contributed by atoms with E-state index in [0.717, 1.165) is 18.6 Å². The van der Waals surface area contributed by atoms with E-state index >= 15 is 0 Å². The van der Waals surface area contributed by atoms with Gasteiger partial charge in [-0.2, -0.15) is 0 Å². The van der Waals surface area contributed by atoms with E-state index < -0.39 is 9.84 Å². The Hall–Kier alpha value is -0.520. The van der Waals surface area contributed by atoms with Gasteiger partial charge in [-0.1, -0.05) is 17.7 Å². The van der Waals surface area contributed by atoms with Crippen LogP contribution in [0.3, 0.4) is 0 Å². The lowest BCUT2D eigenvalue weighted by Crippen LogP contribution is -2.28. The summed E-state index contributed by atoms with van der Waals surface area (Å²) in [5.74, 6) is 1.24. The van der Waals surface area contributed by atoms with Crippen molar-refractivity contribution in [3.63, 3.8) is 0 Å². The van der Waals surface area contributed by atoms with E-state index in [1.54, 1.807) is 0 Å². The Bertz CT molecular complexity index is 469. The summed E-state index contributed by atoms with van der Waals surface area (Å²) in [6.07, 6.45) is 2.91. The molecule has 0 saturated heterocycles. The van der Waals surface area contributed by atoms with E-state index in [1.807, 2.05) is 18.8 Å². The summed E-state index contributed by atoms with van der Waals surface area (Å²) < 4.78 is 22.2. The van der Waals surface area contributed by atoms with Crippen LogP contribution in [-0.4, -0.2) is 39.3 Å². The second-order valence-corrected chi connectivity index (χ2v) is 8.23. The molecule has 0 spiro atoms. The molecular formula is C14H23NO2S2. The molecule has 1 unspecified atom stereocenters. The minimum Gasteiger partial charge on any atom is -0.316 e. The monoisotopic (exact) mass is 301 g/mol. The fraction of sp³-hybridized carbons (Fsp3) is 0.571. The van der Waals surface area contributed by atoms with Crippen LogP contribution in [-0.2, 0) is 9.84 Å². The first-order valence-corrected chi connectivity index (χ1v) is 9.50. The molecule has 1 aromatic carbocycles. The van der Waals surface area contributed by atoms with Crippen LogP contribution in [0.15, 0.2) is 29.2 Å². The van der Waals surface area contributed by atoms with Gasteiger partial charge in [-0.15, -0.1) is 11.8 Å². The Morgan fingerprint density at radius 1 is 1.26 bits per heavy atom. The highest BCUT2D eigenvalue weighted by molar-refractivity contribution is 7.99. The quantitative estimate of drug-likeness (QED) is 0.749. The van der Waals surface area contributed by atoms with Gasteiger partial charge < -0.3 is 5.32 Å². The number of nitrogens with one attached hydrogen (secondary N) is 1. The molecule has 1 rings (SSSR count). The van der Waals surface area contributed by atoms with Gasteiger partial charge in [0.05, 0.1) is 0 Å². The molecule has 1 aromatic rings. The predicted octanol–water partition coefficient (Wildman–Crippen LogP) is 2.50. The molecule has 0 amide bonds. The average molecular weight is 301 g/mol. The van der Waals surface area contributed by atoms with E-state index in [0.29, 0.717) is 6.04 Å². The molecule has 0 fully saturated rings. The first kappa shape index (κ1) is 16.5. The minimum atomic E-state index is -2.83. The van der Waals surface area contributed by atoms with E-state index in [9.17, 15) is 8.42 Å². The first-order chi connectivity index (χ1) is 8.90. The SMILES string of the molecule is CNC(CCCS(C)(=O)=O)CSc1ccc(C)cc1. The van der Waals surface area contributed by atoms with Gasteiger partial charge in [0.25, 0.3) is 0 Å². The molecule has 0 aromatic heterocycles. The van der Waals surface area contributed by atoms with Crippen LogP contribution in [0.1, 0.15) is 18.4 Å². The molecule has 19 heavy (non-hydrogen) atoms. The zero-order valence-corrected chi connectivity index (χ0v) is 13.5. The molecular weight excluding hydrogens is 278 g/mol. The number of benzene rings is 1. The van der Waals surface area contributed by atoms with E-state index in [4.69, 9.17) is 0 Å². The topological polar surface area (TPSA) is 46.2 Å². The second kappa shape index (κ2) is 7.92. The molecule has 0 bridgehead atoms. The van der Waals surface area contributed by atoms with Gasteiger partial charge in [-0.25, -0.2) is 8.42 Å². The molecule has 1 atom stereocenters. The molecule has 5 heteroatoms. The Morgan fingerprint density at radius 2 is 1.89 bits per heavy atom. The summed E-state index contributed by atoms with van der Waals surface area (Å²) in [5.41, 5.74) is 1.27. The normalized spacial score (nSPS) is 13.4. The van der Waals surface area contributed by atoms with Gasteiger partial charge in [0.15, 0.2) is 0 Å². The molecule has 0 aliphatic carbocycles. The lowest BCUT2D eigenvalue weighted by Gasteiger charge is -2.15. The van der Waals surface area contributed by atoms with Gasteiger partial charge >= 0.3 is 0 Å². The summed E-state index contributed by atoms with van der Waals surface area (Å²) in [6.45, 7) is 2.08. The Morgan fingerprint density at radius 3 is 2.42 bits per heavy atom. The van der Waals surface area contributed by atoms with Crippen LogP contribution < -0.4 is 5.32 Å².